The van der Waals surface area contributed by atoms with Gasteiger partial charge in [0.2, 0.25) is 0 Å². The highest BCUT2D eigenvalue weighted by molar-refractivity contribution is 5.69. The van der Waals surface area contributed by atoms with Crippen LogP contribution in [0.3, 0.4) is 0 Å². The second-order valence-electron chi connectivity index (χ2n) is 6.58. The Bertz CT molecular complexity index is 290. The van der Waals surface area contributed by atoms with Crippen LogP contribution in [0.2, 0.25) is 0 Å². The van der Waals surface area contributed by atoms with Crippen molar-refractivity contribution in [2.24, 2.45) is 0 Å². The van der Waals surface area contributed by atoms with Gasteiger partial charge < -0.3 is 4.74 Å². The van der Waals surface area contributed by atoms with Crippen molar-refractivity contribution >= 4 is 5.97 Å². The summed E-state index contributed by atoms with van der Waals surface area (Å²) in [6.45, 7) is 6.06. The van der Waals surface area contributed by atoms with Crippen LogP contribution in [0.15, 0.2) is 12.7 Å². The second-order valence-corrected chi connectivity index (χ2v) is 6.58. The second kappa shape index (κ2) is 10.9. The Balaban J connectivity index is 2.17. The van der Waals surface area contributed by atoms with Gasteiger partial charge in [-0.15, -0.1) is 6.58 Å². The molecule has 0 N–H and O–H groups in total. The van der Waals surface area contributed by atoms with Crippen LogP contribution in [0.1, 0.15) is 96.8 Å². The minimum atomic E-state index is -0.224. The van der Waals surface area contributed by atoms with Gasteiger partial charge in [0.15, 0.2) is 0 Å². The summed E-state index contributed by atoms with van der Waals surface area (Å²) in [7, 11) is 0. The van der Waals surface area contributed by atoms with Gasteiger partial charge in [0.1, 0.15) is 5.60 Å². The van der Waals surface area contributed by atoms with Crippen molar-refractivity contribution in [3.8, 4) is 0 Å². The van der Waals surface area contributed by atoms with E-state index in [2.05, 4.69) is 13.5 Å². The molecule has 122 valence electrons. The van der Waals surface area contributed by atoms with Gasteiger partial charge in [-0.1, -0.05) is 57.9 Å². The number of unbranched alkanes of at least 4 members (excludes halogenated alkanes) is 6. The van der Waals surface area contributed by atoms with E-state index in [0.717, 1.165) is 32.1 Å². The molecular formula is C19H34O2. The van der Waals surface area contributed by atoms with E-state index in [0.29, 0.717) is 6.42 Å². The summed E-state index contributed by atoms with van der Waals surface area (Å²) in [6.07, 6.45) is 17.6. The van der Waals surface area contributed by atoms with Crippen molar-refractivity contribution in [2.75, 3.05) is 0 Å². The third-order valence-electron chi connectivity index (χ3n) is 4.60. The molecule has 1 saturated carbocycles. The average Bonchev–Trinajstić information content (AvgIpc) is 2.47. The van der Waals surface area contributed by atoms with E-state index >= 15 is 0 Å². The van der Waals surface area contributed by atoms with Crippen LogP contribution in [0.4, 0.5) is 0 Å². The third kappa shape index (κ3) is 7.68. The molecule has 0 bridgehead atoms. The topological polar surface area (TPSA) is 26.3 Å². The van der Waals surface area contributed by atoms with Crippen LogP contribution in [-0.2, 0) is 9.53 Å². The van der Waals surface area contributed by atoms with E-state index in [9.17, 15) is 4.79 Å². The monoisotopic (exact) mass is 294 g/mol. The first-order chi connectivity index (χ1) is 10.2. The molecule has 1 aliphatic carbocycles. The highest BCUT2D eigenvalue weighted by Crippen LogP contribution is 2.35. The van der Waals surface area contributed by atoms with E-state index in [4.69, 9.17) is 4.74 Å². The van der Waals surface area contributed by atoms with Gasteiger partial charge in [-0.05, 0) is 32.1 Å². The van der Waals surface area contributed by atoms with E-state index in [1.54, 1.807) is 0 Å². The van der Waals surface area contributed by atoms with Gasteiger partial charge in [0, 0.05) is 12.8 Å². The fourth-order valence-corrected chi connectivity index (χ4v) is 3.33. The summed E-state index contributed by atoms with van der Waals surface area (Å²) in [4.78, 5) is 12.1. The Morgan fingerprint density at radius 1 is 1.05 bits per heavy atom. The van der Waals surface area contributed by atoms with Crippen LogP contribution in [0.5, 0.6) is 0 Å². The molecule has 0 aromatic carbocycles. The highest BCUT2D eigenvalue weighted by atomic mass is 16.6. The summed E-state index contributed by atoms with van der Waals surface area (Å²) in [5.41, 5.74) is -0.224. The van der Waals surface area contributed by atoms with Crippen LogP contribution >= 0.6 is 0 Å². The molecule has 2 nitrogen and oxygen atoms in total. The number of rotatable bonds is 11. The summed E-state index contributed by atoms with van der Waals surface area (Å²) in [5, 5.41) is 0. The largest absolute Gasteiger partial charge is 0.459 e. The summed E-state index contributed by atoms with van der Waals surface area (Å²) in [6, 6.07) is 0. The first-order valence-electron chi connectivity index (χ1n) is 9.05. The number of carbonyl (C=O) groups excluding carboxylic acids is 1. The average molecular weight is 294 g/mol. The maximum absolute atomic E-state index is 12.1. The fraction of sp³-hybridized carbons (Fsp3) is 0.842. The predicted molar refractivity (Wildman–Crippen MR) is 89.3 cm³/mol. The molecule has 0 aromatic heterocycles. The summed E-state index contributed by atoms with van der Waals surface area (Å²) >= 11 is 0. The van der Waals surface area contributed by atoms with Crippen molar-refractivity contribution in [2.45, 2.75) is 102 Å². The quantitative estimate of drug-likeness (QED) is 0.267. The molecule has 0 spiro atoms. The minimum absolute atomic E-state index is 0.00677. The predicted octanol–water partition coefficient (Wildman–Crippen LogP) is 5.95. The number of hydrogen-bond donors (Lipinski definition) is 0. The smallest absolute Gasteiger partial charge is 0.306 e. The molecule has 21 heavy (non-hydrogen) atoms. The van der Waals surface area contributed by atoms with Gasteiger partial charge >= 0.3 is 5.97 Å². The Labute approximate surface area is 131 Å². The lowest BCUT2D eigenvalue weighted by Gasteiger charge is -2.36. The van der Waals surface area contributed by atoms with Gasteiger partial charge in [0.25, 0.3) is 0 Å². The standard InChI is InChI=1S/C19H34O2/c1-3-5-6-7-8-9-11-14-18(20)21-19(15-4-2)16-12-10-13-17-19/h4H,2-3,5-17H2,1H3. The normalized spacial score (nSPS) is 17.4. The molecule has 0 radical (unpaired) electrons. The fourth-order valence-electron chi connectivity index (χ4n) is 3.33. The van der Waals surface area contributed by atoms with Gasteiger partial charge in [-0.2, -0.15) is 0 Å². The first-order valence-corrected chi connectivity index (χ1v) is 9.05. The molecule has 1 aliphatic rings. The van der Waals surface area contributed by atoms with Gasteiger partial charge in [0.05, 0.1) is 0 Å². The zero-order chi connectivity index (χ0) is 15.4. The van der Waals surface area contributed by atoms with Gasteiger partial charge in [-0.3, -0.25) is 4.79 Å². The van der Waals surface area contributed by atoms with Crippen LogP contribution in [0, 0.1) is 0 Å². The van der Waals surface area contributed by atoms with Crippen LogP contribution in [-0.4, -0.2) is 11.6 Å². The molecule has 0 aromatic rings. The minimum Gasteiger partial charge on any atom is -0.459 e. The zero-order valence-electron chi connectivity index (χ0n) is 14.0. The molecule has 2 heteroatoms. The van der Waals surface area contributed by atoms with Crippen LogP contribution < -0.4 is 0 Å². The summed E-state index contributed by atoms with van der Waals surface area (Å²) in [5.74, 6) is 0.00677. The molecular weight excluding hydrogens is 260 g/mol. The Hall–Kier alpha value is -0.790. The maximum atomic E-state index is 12.1. The third-order valence-corrected chi connectivity index (χ3v) is 4.60. The van der Waals surface area contributed by atoms with Crippen molar-refractivity contribution in [1.82, 2.24) is 0 Å². The van der Waals surface area contributed by atoms with Gasteiger partial charge in [-0.25, -0.2) is 0 Å². The molecule has 0 aliphatic heterocycles. The molecule has 1 fully saturated rings. The van der Waals surface area contributed by atoms with E-state index < -0.39 is 0 Å². The zero-order valence-corrected chi connectivity index (χ0v) is 14.0. The van der Waals surface area contributed by atoms with E-state index in [-0.39, 0.29) is 11.6 Å². The molecule has 0 heterocycles. The first kappa shape index (κ1) is 18.3. The SMILES string of the molecule is C=CCC1(OC(=O)CCCCCCCCC)CCCCC1. The Morgan fingerprint density at radius 3 is 2.29 bits per heavy atom. The van der Waals surface area contributed by atoms with Crippen molar-refractivity contribution < 1.29 is 9.53 Å². The lowest BCUT2D eigenvalue weighted by molar-refractivity contribution is -0.163. The number of esters is 1. The molecule has 0 saturated heterocycles. The van der Waals surface area contributed by atoms with Crippen molar-refractivity contribution in [3.63, 3.8) is 0 Å². The lowest BCUT2D eigenvalue weighted by Crippen LogP contribution is -2.36. The Kier molecular flexibility index (Phi) is 9.45. The number of carbonyl (C=O) groups is 1. The summed E-state index contributed by atoms with van der Waals surface area (Å²) < 4.78 is 5.85. The highest BCUT2D eigenvalue weighted by Gasteiger charge is 2.34. The molecule has 0 atom stereocenters. The number of ether oxygens (including phenoxy) is 1. The van der Waals surface area contributed by atoms with Crippen LogP contribution in [0.25, 0.3) is 0 Å². The van der Waals surface area contributed by atoms with E-state index in [1.807, 2.05) is 6.08 Å². The molecule has 0 amide bonds. The lowest BCUT2D eigenvalue weighted by atomic mass is 9.82. The molecule has 0 unspecified atom stereocenters. The maximum Gasteiger partial charge on any atom is 0.306 e. The van der Waals surface area contributed by atoms with Crippen molar-refractivity contribution in [3.05, 3.63) is 12.7 Å². The van der Waals surface area contributed by atoms with E-state index in [1.165, 1.54) is 51.4 Å². The van der Waals surface area contributed by atoms with Crippen molar-refractivity contribution in [1.29, 1.82) is 0 Å². The molecule has 1 rings (SSSR count). The number of hydrogen-bond acceptors (Lipinski definition) is 2. The Morgan fingerprint density at radius 2 is 1.67 bits per heavy atom.